The van der Waals surface area contributed by atoms with E-state index >= 15 is 0 Å². The fourth-order valence-corrected chi connectivity index (χ4v) is 8.31. The van der Waals surface area contributed by atoms with E-state index in [1.807, 2.05) is 0 Å². The van der Waals surface area contributed by atoms with Gasteiger partial charge in [-0.1, -0.05) is 13.8 Å². The summed E-state index contributed by atoms with van der Waals surface area (Å²) in [5.41, 5.74) is -0.851. The Balaban J connectivity index is 1.57. The molecule has 3 N–H and O–H groups in total. The van der Waals surface area contributed by atoms with Crippen LogP contribution in [0.25, 0.3) is 0 Å². The van der Waals surface area contributed by atoms with Crippen LogP contribution in [0, 0.1) is 34.5 Å². The SMILES string of the molecule is CC(=O)O[C@H]1CC[C@@]2(C)[C@H](CC[C@@H]3[C@@H]2CC[C@]2(C)[C@@H]([C@@H](O)CO)CC[C@]32O)C1. The van der Waals surface area contributed by atoms with Gasteiger partial charge in [-0.2, -0.15) is 0 Å². The molecule has 160 valence electrons. The third kappa shape index (κ3) is 2.79. The summed E-state index contributed by atoms with van der Waals surface area (Å²) in [7, 11) is 0. The second kappa shape index (κ2) is 6.95. The number of aliphatic hydroxyl groups excluding tert-OH is 2. The number of ether oxygens (including phenoxy) is 1. The smallest absolute Gasteiger partial charge is 0.302 e. The lowest BCUT2D eigenvalue weighted by molar-refractivity contribution is -0.218. The van der Waals surface area contributed by atoms with Crippen molar-refractivity contribution in [2.75, 3.05) is 6.61 Å². The summed E-state index contributed by atoms with van der Waals surface area (Å²) >= 11 is 0. The highest BCUT2D eigenvalue weighted by atomic mass is 16.5. The van der Waals surface area contributed by atoms with Crippen LogP contribution in [0.3, 0.4) is 0 Å². The topological polar surface area (TPSA) is 87.0 Å². The predicted octanol–water partition coefficient (Wildman–Crippen LogP) is 3.05. The molecule has 4 rings (SSSR count). The molecule has 5 heteroatoms. The number of hydrogen-bond acceptors (Lipinski definition) is 5. The predicted molar refractivity (Wildman–Crippen MR) is 105 cm³/mol. The number of hydrogen-bond donors (Lipinski definition) is 3. The van der Waals surface area contributed by atoms with Gasteiger partial charge in [0.15, 0.2) is 0 Å². The molecule has 0 aromatic rings. The quantitative estimate of drug-likeness (QED) is 0.641. The first-order chi connectivity index (χ1) is 13.2. The normalized spacial score (nSPS) is 51.6. The highest BCUT2D eigenvalue weighted by Crippen LogP contribution is 2.69. The second-order valence-electron chi connectivity index (χ2n) is 10.8. The monoisotopic (exact) mass is 394 g/mol. The molecule has 0 radical (unpaired) electrons. The van der Waals surface area contributed by atoms with Gasteiger partial charge in [0.2, 0.25) is 0 Å². The molecule has 0 unspecified atom stereocenters. The zero-order valence-electron chi connectivity index (χ0n) is 17.7. The Hall–Kier alpha value is -0.650. The molecule has 4 saturated carbocycles. The second-order valence-corrected chi connectivity index (χ2v) is 10.8. The highest BCUT2D eigenvalue weighted by Gasteiger charge is 2.67. The Kier molecular flexibility index (Phi) is 5.12. The van der Waals surface area contributed by atoms with Crippen molar-refractivity contribution in [2.45, 2.75) is 96.4 Å². The molecule has 0 spiro atoms. The van der Waals surface area contributed by atoms with Gasteiger partial charge >= 0.3 is 5.97 Å². The minimum atomic E-state index is -0.739. The van der Waals surface area contributed by atoms with E-state index < -0.39 is 11.7 Å². The Labute approximate surface area is 168 Å². The van der Waals surface area contributed by atoms with E-state index in [1.54, 1.807) is 0 Å². The standard InChI is InChI=1S/C23H38O5/c1-14(25)28-16-6-9-21(2)15(12-16)4-5-18-17(21)7-10-22(3)19(20(26)13-24)8-11-23(18,22)27/h15-20,24,26-27H,4-13H2,1-3H3/t15-,16+,17+,18-,19-,20+,21+,22-,23+/m1/s1. The molecule has 0 saturated heterocycles. The maximum atomic E-state index is 12.0. The minimum absolute atomic E-state index is 0.0197. The van der Waals surface area contributed by atoms with Crippen molar-refractivity contribution >= 4 is 5.97 Å². The Bertz CT molecular complexity index is 622. The number of carbonyl (C=O) groups excluding carboxylic acids is 1. The van der Waals surface area contributed by atoms with Crippen LogP contribution in [0.4, 0.5) is 0 Å². The lowest BCUT2D eigenvalue weighted by Crippen LogP contribution is -2.63. The van der Waals surface area contributed by atoms with E-state index in [2.05, 4.69) is 13.8 Å². The molecule has 0 aromatic heterocycles. The van der Waals surface area contributed by atoms with Gasteiger partial charge in [0, 0.05) is 12.3 Å². The van der Waals surface area contributed by atoms with Gasteiger partial charge in [-0.15, -0.1) is 0 Å². The largest absolute Gasteiger partial charge is 0.463 e. The average Bonchev–Trinajstić information content (AvgIpc) is 2.92. The van der Waals surface area contributed by atoms with Gasteiger partial charge in [0.1, 0.15) is 6.10 Å². The average molecular weight is 395 g/mol. The summed E-state index contributed by atoms with van der Waals surface area (Å²) in [4.78, 5) is 11.4. The van der Waals surface area contributed by atoms with Crippen molar-refractivity contribution in [3.05, 3.63) is 0 Å². The first kappa shape index (κ1) is 20.6. The van der Waals surface area contributed by atoms with Gasteiger partial charge in [0.05, 0.1) is 18.3 Å². The molecule has 0 bridgehead atoms. The molecule has 4 aliphatic carbocycles. The van der Waals surface area contributed by atoms with Crippen LogP contribution in [0.15, 0.2) is 0 Å². The van der Waals surface area contributed by atoms with Crippen LogP contribution in [0.2, 0.25) is 0 Å². The molecule has 5 nitrogen and oxygen atoms in total. The van der Waals surface area contributed by atoms with Crippen molar-refractivity contribution in [1.29, 1.82) is 0 Å². The third-order valence-electron chi connectivity index (χ3n) is 9.86. The summed E-state index contributed by atoms with van der Waals surface area (Å²) < 4.78 is 5.54. The molecule has 28 heavy (non-hydrogen) atoms. The van der Waals surface area contributed by atoms with Gasteiger partial charge in [-0.05, 0) is 86.9 Å². The summed E-state index contributed by atoms with van der Waals surface area (Å²) in [6.45, 7) is 5.85. The van der Waals surface area contributed by atoms with E-state index in [4.69, 9.17) is 4.74 Å². The van der Waals surface area contributed by atoms with Crippen LogP contribution in [0.5, 0.6) is 0 Å². The first-order valence-electron chi connectivity index (χ1n) is 11.3. The Morgan fingerprint density at radius 2 is 1.82 bits per heavy atom. The van der Waals surface area contributed by atoms with Gasteiger partial charge in [0.25, 0.3) is 0 Å². The number of carbonyl (C=O) groups is 1. The van der Waals surface area contributed by atoms with Gasteiger partial charge in [-0.3, -0.25) is 4.79 Å². The van der Waals surface area contributed by atoms with Crippen molar-refractivity contribution in [3.63, 3.8) is 0 Å². The maximum Gasteiger partial charge on any atom is 0.302 e. The van der Waals surface area contributed by atoms with Crippen molar-refractivity contribution in [1.82, 2.24) is 0 Å². The zero-order valence-corrected chi connectivity index (χ0v) is 17.7. The van der Waals surface area contributed by atoms with Crippen molar-refractivity contribution in [3.8, 4) is 0 Å². The van der Waals surface area contributed by atoms with E-state index in [9.17, 15) is 20.1 Å². The van der Waals surface area contributed by atoms with E-state index in [1.165, 1.54) is 6.92 Å². The van der Waals surface area contributed by atoms with E-state index in [-0.39, 0.29) is 41.3 Å². The molecular weight excluding hydrogens is 356 g/mol. The van der Waals surface area contributed by atoms with E-state index in [0.717, 1.165) is 57.8 Å². The fourth-order valence-electron chi connectivity index (χ4n) is 8.31. The Morgan fingerprint density at radius 3 is 2.50 bits per heavy atom. The molecule has 0 heterocycles. The summed E-state index contributed by atoms with van der Waals surface area (Å²) in [5.74, 6) is 1.12. The minimum Gasteiger partial charge on any atom is -0.463 e. The van der Waals surface area contributed by atoms with Crippen molar-refractivity contribution in [2.24, 2.45) is 34.5 Å². The molecule has 0 aliphatic heterocycles. The highest BCUT2D eigenvalue weighted by molar-refractivity contribution is 5.66. The number of esters is 1. The lowest BCUT2D eigenvalue weighted by atomic mass is 9.43. The molecule has 4 fully saturated rings. The van der Waals surface area contributed by atoms with Gasteiger partial charge in [-0.25, -0.2) is 0 Å². The molecule has 4 aliphatic rings. The van der Waals surface area contributed by atoms with Crippen LogP contribution in [-0.4, -0.2) is 45.7 Å². The van der Waals surface area contributed by atoms with Crippen LogP contribution >= 0.6 is 0 Å². The first-order valence-corrected chi connectivity index (χ1v) is 11.3. The van der Waals surface area contributed by atoms with Crippen LogP contribution in [0.1, 0.15) is 78.6 Å². The summed E-state index contributed by atoms with van der Waals surface area (Å²) in [5, 5.41) is 31.9. The Morgan fingerprint density at radius 1 is 1.07 bits per heavy atom. The molecule has 0 amide bonds. The number of fused-ring (bicyclic) bond motifs is 5. The lowest BCUT2D eigenvalue weighted by Gasteiger charge is -2.63. The molecular formula is C23H38O5. The third-order valence-corrected chi connectivity index (χ3v) is 9.86. The van der Waals surface area contributed by atoms with Crippen LogP contribution < -0.4 is 0 Å². The number of aliphatic hydroxyl groups is 3. The zero-order chi connectivity index (χ0) is 20.3. The van der Waals surface area contributed by atoms with Crippen LogP contribution in [-0.2, 0) is 9.53 Å². The molecule has 0 aromatic carbocycles. The number of rotatable bonds is 3. The fraction of sp³-hybridized carbons (Fsp3) is 0.957. The van der Waals surface area contributed by atoms with Gasteiger partial charge < -0.3 is 20.1 Å². The maximum absolute atomic E-state index is 12.0. The van der Waals surface area contributed by atoms with E-state index in [0.29, 0.717) is 11.8 Å². The summed E-state index contributed by atoms with van der Waals surface area (Å²) in [6, 6.07) is 0. The molecule has 9 atom stereocenters. The van der Waals surface area contributed by atoms with Crippen molar-refractivity contribution < 1.29 is 24.9 Å². The summed E-state index contributed by atoms with van der Waals surface area (Å²) in [6.07, 6.45) is 7.92.